The van der Waals surface area contributed by atoms with Crippen LogP contribution in [-0.2, 0) is 9.53 Å². The molecule has 0 amide bonds. The van der Waals surface area contributed by atoms with Crippen LogP contribution in [0.1, 0.15) is 0 Å². The predicted octanol–water partition coefficient (Wildman–Crippen LogP) is 0.993. The van der Waals surface area contributed by atoms with E-state index in [-0.39, 0.29) is 5.73 Å². The lowest BCUT2D eigenvalue weighted by molar-refractivity contribution is -0.138. The largest absolute Gasteiger partial charge is 0.479 e. The van der Waals surface area contributed by atoms with Crippen LogP contribution < -0.4 is 5.19 Å². The van der Waals surface area contributed by atoms with E-state index in [1.807, 2.05) is 18.2 Å². The highest BCUT2D eigenvalue weighted by molar-refractivity contribution is 6.91. The number of carboxylic acid groups (broad SMARTS) is 1. The van der Waals surface area contributed by atoms with Crippen LogP contribution in [0, 0.1) is 0 Å². The summed E-state index contributed by atoms with van der Waals surface area (Å²) in [5.74, 6) is -0.837. The zero-order valence-corrected chi connectivity index (χ0v) is 9.81. The summed E-state index contributed by atoms with van der Waals surface area (Å²) in [7, 11) is -1.77. The monoisotopic (exact) mass is 222 g/mol. The van der Waals surface area contributed by atoms with Gasteiger partial charge in [-0.1, -0.05) is 48.6 Å². The van der Waals surface area contributed by atoms with Crippen LogP contribution in [0.15, 0.2) is 30.3 Å². The minimum absolute atomic E-state index is 0.0719. The minimum Gasteiger partial charge on any atom is -0.479 e. The number of carbonyl (C=O) groups is 1. The van der Waals surface area contributed by atoms with Crippen molar-refractivity contribution in [3.8, 4) is 0 Å². The summed E-state index contributed by atoms with van der Waals surface area (Å²) in [6, 6.07) is 10.1. The second-order valence-electron chi connectivity index (χ2n) is 4.40. The molecule has 1 aromatic carbocycles. The maximum Gasteiger partial charge on any atom is 0.335 e. The van der Waals surface area contributed by atoms with E-state index in [1.54, 1.807) is 0 Å². The lowest BCUT2D eigenvalue weighted by Crippen LogP contribution is -2.48. The molecule has 1 saturated heterocycles. The number of carboxylic acids is 1. The summed E-state index contributed by atoms with van der Waals surface area (Å²) in [5.41, 5.74) is -0.0719. The molecule has 0 bridgehead atoms. The van der Waals surface area contributed by atoms with Gasteiger partial charge in [-0.05, 0) is 0 Å². The second kappa shape index (κ2) is 3.47. The van der Waals surface area contributed by atoms with E-state index in [1.165, 1.54) is 5.19 Å². The van der Waals surface area contributed by atoms with Gasteiger partial charge in [0.2, 0.25) is 0 Å². The number of hydrogen-bond donors (Lipinski definition) is 1. The first kappa shape index (κ1) is 10.4. The number of hydrogen-bond acceptors (Lipinski definition) is 2. The number of rotatable bonds is 3. The lowest BCUT2D eigenvalue weighted by atomic mass is 10.4. The van der Waals surface area contributed by atoms with Crippen LogP contribution in [0.25, 0.3) is 0 Å². The van der Waals surface area contributed by atoms with Gasteiger partial charge in [0.25, 0.3) is 0 Å². The van der Waals surface area contributed by atoms with Gasteiger partial charge in [0.15, 0.2) is 6.10 Å². The average molecular weight is 222 g/mol. The lowest BCUT2D eigenvalue weighted by Gasteiger charge is -2.19. The van der Waals surface area contributed by atoms with Crippen LogP contribution in [0.5, 0.6) is 0 Å². The Morgan fingerprint density at radius 1 is 1.33 bits per heavy atom. The van der Waals surface area contributed by atoms with Crippen molar-refractivity contribution in [2.75, 3.05) is 0 Å². The molecule has 4 heteroatoms. The maximum atomic E-state index is 10.7. The summed E-state index contributed by atoms with van der Waals surface area (Å²) in [4.78, 5) is 10.7. The summed E-state index contributed by atoms with van der Waals surface area (Å²) in [6.45, 7) is 4.30. The van der Waals surface area contributed by atoms with Gasteiger partial charge < -0.3 is 9.84 Å². The third-order valence-corrected chi connectivity index (χ3v) is 6.65. The molecule has 1 aliphatic rings. The van der Waals surface area contributed by atoms with Gasteiger partial charge in [0, 0.05) is 0 Å². The van der Waals surface area contributed by atoms with E-state index < -0.39 is 20.1 Å². The van der Waals surface area contributed by atoms with Crippen LogP contribution in [0.3, 0.4) is 0 Å². The van der Waals surface area contributed by atoms with Crippen LogP contribution >= 0.6 is 0 Å². The highest BCUT2D eigenvalue weighted by atomic mass is 28.3. The Labute approximate surface area is 89.7 Å². The van der Waals surface area contributed by atoms with E-state index in [2.05, 4.69) is 25.2 Å². The molecule has 0 saturated carbocycles. The van der Waals surface area contributed by atoms with Gasteiger partial charge in [-0.2, -0.15) is 0 Å². The fourth-order valence-corrected chi connectivity index (χ4v) is 4.65. The molecule has 0 aromatic heterocycles. The van der Waals surface area contributed by atoms with Crippen molar-refractivity contribution in [3.05, 3.63) is 30.3 Å². The van der Waals surface area contributed by atoms with E-state index in [4.69, 9.17) is 9.84 Å². The normalized spacial score (nSPS) is 24.9. The quantitative estimate of drug-likeness (QED) is 0.613. The number of ether oxygens (including phenoxy) is 1. The highest BCUT2D eigenvalue weighted by Gasteiger charge is 2.55. The highest BCUT2D eigenvalue weighted by Crippen LogP contribution is 2.31. The molecule has 2 rings (SSSR count). The van der Waals surface area contributed by atoms with Crippen LogP contribution in [-0.4, -0.2) is 31.0 Å². The predicted molar refractivity (Wildman–Crippen MR) is 59.9 cm³/mol. The zero-order chi connectivity index (χ0) is 11.1. The Bertz CT molecular complexity index is 375. The van der Waals surface area contributed by atoms with E-state index in [9.17, 15) is 4.79 Å². The number of benzene rings is 1. The molecule has 1 aliphatic heterocycles. The zero-order valence-electron chi connectivity index (χ0n) is 8.81. The molecule has 0 radical (unpaired) electrons. The number of epoxide rings is 1. The van der Waals surface area contributed by atoms with Gasteiger partial charge in [-0.25, -0.2) is 4.79 Å². The Morgan fingerprint density at radius 3 is 2.40 bits per heavy atom. The molecule has 1 fully saturated rings. The van der Waals surface area contributed by atoms with Crippen LogP contribution in [0.2, 0.25) is 13.1 Å². The fourth-order valence-electron chi connectivity index (χ4n) is 1.88. The van der Waals surface area contributed by atoms with Gasteiger partial charge in [0.1, 0.15) is 8.07 Å². The van der Waals surface area contributed by atoms with Crippen molar-refractivity contribution < 1.29 is 14.6 Å². The molecule has 3 nitrogen and oxygen atoms in total. The number of aliphatic carboxylic acids is 1. The van der Waals surface area contributed by atoms with E-state index in [0.717, 1.165) is 0 Å². The molecular formula is C11H14O3Si. The van der Waals surface area contributed by atoms with Crippen LogP contribution in [0.4, 0.5) is 0 Å². The Hall–Kier alpha value is -1.13. The van der Waals surface area contributed by atoms with Crippen molar-refractivity contribution in [1.82, 2.24) is 0 Å². The molecule has 15 heavy (non-hydrogen) atoms. The molecular weight excluding hydrogens is 208 g/mol. The summed E-state index contributed by atoms with van der Waals surface area (Å²) in [5, 5.41) is 10.1. The first-order chi connectivity index (χ1) is 7.03. The maximum absolute atomic E-state index is 10.7. The second-order valence-corrected chi connectivity index (χ2v) is 8.99. The molecule has 1 aromatic rings. The van der Waals surface area contributed by atoms with Crippen molar-refractivity contribution in [2.45, 2.75) is 24.9 Å². The van der Waals surface area contributed by atoms with Crippen molar-refractivity contribution in [1.29, 1.82) is 0 Å². The van der Waals surface area contributed by atoms with Crippen molar-refractivity contribution in [3.63, 3.8) is 0 Å². The minimum atomic E-state index is -1.77. The Balaban J connectivity index is 2.19. The SMILES string of the molecule is C[Si](C)(c1ccccc1)[C@@H]1O[C@H]1C(=O)O. The van der Waals surface area contributed by atoms with Gasteiger partial charge >= 0.3 is 5.97 Å². The summed E-state index contributed by atoms with van der Waals surface area (Å²) < 4.78 is 5.26. The van der Waals surface area contributed by atoms with Gasteiger partial charge in [0.05, 0.1) is 5.73 Å². The third kappa shape index (κ3) is 1.82. The summed E-state index contributed by atoms with van der Waals surface area (Å²) >= 11 is 0. The third-order valence-electron chi connectivity index (χ3n) is 2.96. The van der Waals surface area contributed by atoms with Gasteiger partial charge in [-0.15, -0.1) is 0 Å². The molecule has 2 atom stereocenters. The Kier molecular flexibility index (Phi) is 2.40. The molecule has 0 unspecified atom stereocenters. The van der Waals surface area contributed by atoms with Gasteiger partial charge in [-0.3, -0.25) is 0 Å². The Morgan fingerprint density at radius 2 is 1.93 bits per heavy atom. The summed E-state index contributed by atoms with van der Waals surface area (Å²) in [6.07, 6.45) is -0.577. The smallest absolute Gasteiger partial charge is 0.335 e. The molecule has 0 aliphatic carbocycles. The first-order valence-corrected chi connectivity index (χ1v) is 8.05. The molecule has 1 N–H and O–H groups in total. The average Bonchev–Trinajstić information content (AvgIpc) is 2.99. The van der Waals surface area contributed by atoms with Crippen molar-refractivity contribution in [2.24, 2.45) is 0 Å². The molecule has 0 spiro atoms. The van der Waals surface area contributed by atoms with Crippen molar-refractivity contribution >= 4 is 19.2 Å². The van der Waals surface area contributed by atoms with E-state index >= 15 is 0 Å². The first-order valence-electron chi connectivity index (χ1n) is 4.97. The fraction of sp³-hybridized carbons (Fsp3) is 0.364. The molecule has 80 valence electrons. The topological polar surface area (TPSA) is 49.8 Å². The standard InChI is InChI=1S/C11H14O3Si/c1-15(2,8-6-4-3-5-7-8)11-9(14-11)10(12)13/h3-7,9,11H,1-2H3,(H,12,13)/t9-,11-/m0/s1. The van der Waals surface area contributed by atoms with E-state index in [0.29, 0.717) is 0 Å². The molecule has 1 heterocycles.